The minimum absolute atomic E-state index is 0.576. The second kappa shape index (κ2) is 8.95. The van der Waals surface area contributed by atoms with Gasteiger partial charge in [0.1, 0.15) is 18.1 Å². The third-order valence-corrected chi connectivity index (χ3v) is 3.21. The first-order valence-electron chi connectivity index (χ1n) is 7.50. The number of para-hydroxylation sites is 2. The summed E-state index contributed by atoms with van der Waals surface area (Å²) in [5, 5.41) is 3.37. The number of methoxy groups -OCH3 is 1. The summed E-state index contributed by atoms with van der Waals surface area (Å²) >= 11 is 0. The molecular formula is C18H23NO3. The van der Waals surface area contributed by atoms with Gasteiger partial charge in [0, 0.05) is 13.2 Å². The maximum atomic E-state index is 5.60. The lowest BCUT2D eigenvalue weighted by Gasteiger charge is -2.11. The number of anilines is 1. The summed E-state index contributed by atoms with van der Waals surface area (Å²) < 4.78 is 16.2. The van der Waals surface area contributed by atoms with Crippen molar-refractivity contribution in [1.29, 1.82) is 0 Å². The molecule has 0 saturated heterocycles. The van der Waals surface area contributed by atoms with Gasteiger partial charge in [0.05, 0.1) is 19.4 Å². The van der Waals surface area contributed by atoms with E-state index in [2.05, 4.69) is 17.4 Å². The largest absolute Gasteiger partial charge is 0.495 e. The third-order valence-electron chi connectivity index (χ3n) is 3.21. The lowest BCUT2D eigenvalue weighted by molar-refractivity contribution is 0.110. The Morgan fingerprint density at radius 3 is 2.45 bits per heavy atom. The molecule has 1 N–H and O–H groups in total. The summed E-state index contributed by atoms with van der Waals surface area (Å²) in [7, 11) is 1.68. The van der Waals surface area contributed by atoms with E-state index in [1.807, 2.05) is 43.3 Å². The molecule has 4 nitrogen and oxygen atoms in total. The summed E-state index contributed by atoms with van der Waals surface area (Å²) in [4.78, 5) is 0. The van der Waals surface area contributed by atoms with Crippen LogP contribution in [0.5, 0.6) is 11.5 Å². The number of benzene rings is 2. The lowest BCUT2D eigenvalue weighted by atomic mass is 10.2. The first-order chi connectivity index (χ1) is 10.8. The monoisotopic (exact) mass is 301 g/mol. The van der Waals surface area contributed by atoms with Crippen LogP contribution >= 0.6 is 0 Å². The minimum Gasteiger partial charge on any atom is -0.495 e. The van der Waals surface area contributed by atoms with Gasteiger partial charge < -0.3 is 19.5 Å². The Bertz CT molecular complexity index is 555. The van der Waals surface area contributed by atoms with Crippen molar-refractivity contribution in [3.63, 3.8) is 0 Å². The van der Waals surface area contributed by atoms with Gasteiger partial charge in [-0.05, 0) is 36.8 Å². The molecule has 2 rings (SSSR count). The van der Waals surface area contributed by atoms with E-state index in [0.29, 0.717) is 13.2 Å². The van der Waals surface area contributed by atoms with Crippen LogP contribution in [0, 0.1) is 0 Å². The first-order valence-corrected chi connectivity index (χ1v) is 7.50. The maximum Gasteiger partial charge on any atom is 0.141 e. The molecule has 0 saturated carbocycles. The van der Waals surface area contributed by atoms with Crippen molar-refractivity contribution in [2.24, 2.45) is 0 Å². The standard InChI is InChI=1S/C18H23NO3/c1-3-21-12-13-22-16-10-8-15(9-11-16)14-19-17-6-4-5-7-18(17)20-2/h4-11,19H,3,12-14H2,1-2H3. The highest BCUT2D eigenvalue weighted by molar-refractivity contribution is 5.56. The Morgan fingerprint density at radius 2 is 1.73 bits per heavy atom. The van der Waals surface area contributed by atoms with Gasteiger partial charge >= 0.3 is 0 Å². The van der Waals surface area contributed by atoms with Crippen molar-refractivity contribution >= 4 is 5.69 Å². The smallest absolute Gasteiger partial charge is 0.141 e. The zero-order chi connectivity index (χ0) is 15.6. The van der Waals surface area contributed by atoms with Crippen LogP contribution in [0.25, 0.3) is 0 Å². The number of hydrogen-bond acceptors (Lipinski definition) is 4. The molecule has 0 aromatic heterocycles. The summed E-state index contributed by atoms with van der Waals surface area (Å²) in [6.45, 7) is 4.63. The van der Waals surface area contributed by atoms with Gasteiger partial charge in [0.15, 0.2) is 0 Å². The van der Waals surface area contributed by atoms with E-state index in [1.165, 1.54) is 5.56 Å². The molecule has 22 heavy (non-hydrogen) atoms. The van der Waals surface area contributed by atoms with Crippen molar-refractivity contribution in [1.82, 2.24) is 0 Å². The molecule has 0 aliphatic rings. The van der Waals surface area contributed by atoms with E-state index < -0.39 is 0 Å². The SMILES string of the molecule is CCOCCOc1ccc(CNc2ccccc2OC)cc1. The van der Waals surface area contributed by atoms with Crippen LogP contribution in [0.3, 0.4) is 0 Å². The number of nitrogens with one attached hydrogen (secondary N) is 1. The molecule has 0 atom stereocenters. The van der Waals surface area contributed by atoms with Crippen molar-refractivity contribution in [3.05, 3.63) is 54.1 Å². The number of hydrogen-bond donors (Lipinski definition) is 1. The van der Waals surface area contributed by atoms with E-state index >= 15 is 0 Å². The zero-order valence-electron chi connectivity index (χ0n) is 13.2. The van der Waals surface area contributed by atoms with Gasteiger partial charge in [0.2, 0.25) is 0 Å². The summed E-state index contributed by atoms with van der Waals surface area (Å²) in [5.41, 5.74) is 2.17. The number of rotatable bonds is 9. The van der Waals surface area contributed by atoms with Crippen molar-refractivity contribution in [2.75, 3.05) is 32.2 Å². The highest BCUT2D eigenvalue weighted by Gasteiger charge is 2.01. The molecular weight excluding hydrogens is 278 g/mol. The predicted molar refractivity (Wildman–Crippen MR) is 88.8 cm³/mol. The third kappa shape index (κ3) is 4.97. The lowest BCUT2D eigenvalue weighted by Crippen LogP contribution is -2.06. The van der Waals surface area contributed by atoms with Crippen LogP contribution < -0.4 is 14.8 Å². The molecule has 0 bridgehead atoms. The van der Waals surface area contributed by atoms with Crippen molar-refractivity contribution in [3.8, 4) is 11.5 Å². The Labute approximate surface area is 132 Å². The maximum absolute atomic E-state index is 5.60. The average Bonchev–Trinajstić information content (AvgIpc) is 2.58. The fraction of sp³-hybridized carbons (Fsp3) is 0.333. The molecule has 0 unspecified atom stereocenters. The van der Waals surface area contributed by atoms with Gasteiger partial charge in [-0.2, -0.15) is 0 Å². The van der Waals surface area contributed by atoms with E-state index in [-0.39, 0.29) is 0 Å². The van der Waals surface area contributed by atoms with E-state index in [1.54, 1.807) is 7.11 Å². The molecule has 4 heteroatoms. The highest BCUT2D eigenvalue weighted by Crippen LogP contribution is 2.23. The van der Waals surface area contributed by atoms with Crippen LogP contribution in [0.2, 0.25) is 0 Å². The second-order valence-electron chi connectivity index (χ2n) is 4.74. The molecule has 0 spiro atoms. The molecule has 0 amide bonds. The molecule has 2 aromatic carbocycles. The Balaban J connectivity index is 1.83. The zero-order valence-corrected chi connectivity index (χ0v) is 13.2. The molecule has 118 valence electrons. The van der Waals surface area contributed by atoms with Crippen LogP contribution in [-0.4, -0.2) is 26.9 Å². The quantitative estimate of drug-likeness (QED) is 0.717. The first kappa shape index (κ1) is 16.2. The van der Waals surface area contributed by atoms with E-state index in [0.717, 1.165) is 30.3 Å². The summed E-state index contributed by atoms with van der Waals surface area (Å²) in [5.74, 6) is 1.71. The molecule has 0 aliphatic carbocycles. The average molecular weight is 301 g/mol. The second-order valence-corrected chi connectivity index (χ2v) is 4.74. The molecule has 0 radical (unpaired) electrons. The van der Waals surface area contributed by atoms with Gasteiger partial charge in [-0.1, -0.05) is 24.3 Å². The summed E-state index contributed by atoms with van der Waals surface area (Å²) in [6.07, 6.45) is 0. The van der Waals surface area contributed by atoms with Gasteiger partial charge in [-0.25, -0.2) is 0 Å². The van der Waals surface area contributed by atoms with Crippen LogP contribution in [0.15, 0.2) is 48.5 Å². The fourth-order valence-corrected chi connectivity index (χ4v) is 2.05. The van der Waals surface area contributed by atoms with E-state index in [9.17, 15) is 0 Å². The minimum atomic E-state index is 0.576. The van der Waals surface area contributed by atoms with Crippen molar-refractivity contribution in [2.45, 2.75) is 13.5 Å². The summed E-state index contributed by atoms with van der Waals surface area (Å²) in [6, 6.07) is 16.0. The fourth-order valence-electron chi connectivity index (χ4n) is 2.05. The van der Waals surface area contributed by atoms with E-state index in [4.69, 9.17) is 14.2 Å². The normalized spacial score (nSPS) is 10.3. The van der Waals surface area contributed by atoms with Gasteiger partial charge in [-0.15, -0.1) is 0 Å². The predicted octanol–water partition coefficient (Wildman–Crippen LogP) is 3.72. The molecule has 0 fully saturated rings. The molecule has 2 aromatic rings. The molecule has 0 heterocycles. The molecule has 0 aliphatic heterocycles. The Morgan fingerprint density at radius 1 is 0.955 bits per heavy atom. The Kier molecular flexibility index (Phi) is 6.58. The highest BCUT2D eigenvalue weighted by atomic mass is 16.5. The Hall–Kier alpha value is -2.20. The van der Waals surface area contributed by atoms with Gasteiger partial charge in [0.25, 0.3) is 0 Å². The topological polar surface area (TPSA) is 39.7 Å². The van der Waals surface area contributed by atoms with Crippen LogP contribution in [0.1, 0.15) is 12.5 Å². The van der Waals surface area contributed by atoms with Crippen molar-refractivity contribution < 1.29 is 14.2 Å². The van der Waals surface area contributed by atoms with Gasteiger partial charge in [-0.3, -0.25) is 0 Å². The van der Waals surface area contributed by atoms with Crippen LogP contribution in [-0.2, 0) is 11.3 Å². The van der Waals surface area contributed by atoms with Crippen LogP contribution in [0.4, 0.5) is 5.69 Å². The number of ether oxygens (including phenoxy) is 3.